The van der Waals surface area contributed by atoms with Gasteiger partial charge in [0, 0.05) is 5.56 Å². The Morgan fingerprint density at radius 1 is 0.677 bits per heavy atom. The van der Waals surface area contributed by atoms with Gasteiger partial charge in [-0.15, -0.1) is 13.2 Å². The molecule has 0 heterocycles. The SMILES string of the molecule is Cc1cc(-c2c(C)cc(-c3c(C)cccc3C)cc2OC(F)(F)F)ccc1OC(C)C. The second-order valence-corrected chi connectivity index (χ2v) is 8.13. The predicted octanol–water partition coefficient (Wildman–Crippen LogP) is 7.94. The Morgan fingerprint density at radius 2 is 1.29 bits per heavy atom. The predicted molar refractivity (Wildman–Crippen MR) is 119 cm³/mol. The molecule has 0 radical (unpaired) electrons. The van der Waals surface area contributed by atoms with Crippen molar-refractivity contribution >= 4 is 0 Å². The fraction of sp³-hybridized carbons (Fsp3) is 0.308. The molecule has 0 aliphatic heterocycles. The topological polar surface area (TPSA) is 18.5 Å². The third-order valence-corrected chi connectivity index (χ3v) is 5.12. The fourth-order valence-electron chi connectivity index (χ4n) is 3.94. The molecule has 0 amide bonds. The van der Waals surface area contributed by atoms with Gasteiger partial charge in [0.25, 0.3) is 0 Å². The van der Waals surface area contributed by atoms with Crippen LogP contribution in [0.5, 0.6) is 11.5 Å². The molecule has 0 fully saturated rings. The minimum atomic E-state index is -4.80. The highest BCUT2D eigenvalue weighted by Gasteiger charge is 2.33. The van der Waals surface area contributed by atoms with Gasteiger partial charge in [0.05, 0.1) is 6.10 Å². The van der Waals surface area contributed by atoms with Crippen molar-refractivity contribution in [2.45, 2.75) is 54.0 Å². The Morgan fingerprint density at radius 3 is 1.84 bits per heavy atom. The summed E-state index contributed by atoms with van der Waals surface area (Å²) in [6.07, 6.45) is -4.79. The summed E-state index contributed by atoms with van der Waals surface area (Å²) in [6.45, 7) is 11.5. The van der Waals surface area contributed by atoms with Crippen LogP contribution in [0.15, 0.2) is 48.5 Å². The molecule has 0 aliphatic carbocycles. The third-order valence-electron chi connectivity index (χ3n) is 5.12. The van der Waals surface area contributed by atoms with Gasteiger partial charge in [0.2, 0.25) is 0 Å². The molecule has 0 spiro atoms. The Kier molecular flexibility index (Phi) is 6.35. The van der Waals surface area contributed by atoms with Gasteiger partial charge in [0.1, 0.15) is 11.5 Å². The van der Waals surface area contributed by atoms with Gasteiger partial charge in [0.15, 0.2) is 0 Å². The molecule has 3 aromatic rings. The van der Waals surface area contributed by atoms with E-state index in [9.17, 15) is 13.2 Å². The lowest BCUT2D eigenvalue weighted by atomic mass is 9.90. The molecule has 0 aromatic heterocycles. The zero-order valence-electron chi connectivity index (χ0n) is 18.6. The molecule has 3 rings (SSSR count). The molecule has 0 aliphatic rings. The first kappa shape index (κ1) is 22.7. The van der Waals surface area contributed by atoms with E-state index in [0.29, 0.717) is 28.0 Å². The van der Waals surface area contributed by atoms with E-state index in [4.69, 9.17) is 4.74 Å². The van der Waals surface area contributed by atoms with E-state index >= 15 is 0 Å². The van der Waals surface area contributed by atoms with Crippen molar-refractivity contribution in [3.63, 3.8) is 0 Å². The number of aryl methyl sites for hydroxylation is 4. The van der Waals surface area contributed by atoms with Crippen molar-refractivity contribution in [3.05, 3.63) is 70.8 Å². The second kappa shape index (κ2) is 8.66. The van der Waals surface area contributed by atoms with E-state index in [2.05, 4.69) is 4.74 Å². The molecule has 0 unspecified atom stereocenters. The van der Waals surface area contributed by atoms with Crippen molar-refractivity contribution in [1.82, 2.24) is 0 Å². The molecule has 0 saturated heterocycles. The van der Waals surface area contributed by atoms with Crippen LogP contribution in [0.25, 0.3) is 22.3 Å². The summed E-state index contributed by atoms with van der Waals surface area (Å²) in [5, 5.41) is 0. The number of benzene rings is 3. The van der Waals surface area contributed by atoms with Crippen LogP contribution in [-0.2, 0) is 0 Å². The Balaban J connectivity index is 2.20. The van der Waals surface area contributed by atoms with Gasteiger partial charge in [-0.05, 0) is 98.7 Å². The maximum atomic E-state index is 13.3. The zero-order valence-corrected chi connectivity index (χ0v) is 18.6. The molecule has 5 heteroatoms. The first-order chi connectivity index (χ1) is 14.5. The van der Waals surface area contributed by atoms with Gasteiger partial charge in [-0.1, -0.05) is 30.3 Å². The normalized spacial score (nSPS) is 11.7. The summed E-state index contributed by atoms with van der Waals surface area (Å²) in [6, 6.07) is 14.6. The summed E-state index contributed by atoms with van der Waals surface area (Å²) in [5.74, 6) is 0.504. The van der Waals surface area contributed by atoms with Crippen molar-refractivity contribution in [3.8, 4) is 33.8 Å². The largest absolute Gasteiger partial charge is 0.573 e. The van der Waals surface area contributed by atoms with Crippen LogP contribution in [0.3, 0.4) is 0 Å². The molecule has 0 atom stereocenters. The van der Waals surface area contributed by atoms with Crippen molar-refractivity contribution in [2.24, 2.45) is 0 Å². The first-order valence-electron chi connectivity index (χ1n) is 10.2. The number of halogens is 3. The fourth-order valence-corrected chi connectivity index (χ4v) is 3.94. The van der Waals surface area contributed by atoms with Crippen LogP contribution in [0.4, 0.5) is 13.2 Å². The quantitative estimate of drug-likeness (QED) is 0.411. The molecule has 0 saturated carbocycles. The molecule has 3 aromatic carbocycles. The van der Waals surface area contributed by atoms with Crippen LogP contribution in [0.2, 0.25) is 0 Å². The van der Waals surface area contributed by atoms with Crippen LogP contribution >= 0.6 is 0 Å². The summed E-state index contributed by atoms with van der Waals surface area (Å²) in [5.41, 5.74) is 6.24. The number of hydrogen-bond donors (Lipinski definition) is 0. The van der Waals surface area contributed by atoms with E-state index in [1.54, 1.807) is 12.1 Å². The molecule has 31 heavy (non-hydrogen) atoms. The lowest BCUT2D eigenvalue weighted by molar-refractivity contribution is -0.274. The van der Waals surface area contributed by atoms with E-state index in [-0.39, 0.29) is 11.9 Å². The van der Waals surface area contributed by atoms with Crippen molar-refractivity contribution < 1.29 is 22.6 Å². The highest BCUT2D eigenvalue weighted by Crippen LogP contribution is 2.42. The Hall–Kier alpha value is -2.95. The minimum absolute atomic E-state index is 0.00652. The number of rotatable bonds is 5. The van der Waals surface area contributed by atoms with Gasteiger partial charge in [-0.25, -0.2) is 0 Å². The van der Waals surface area contributed by atoms with E-state index in [0.717, 1.165) is 22.3 Å². The summed E-state index contributed by atoms with van der Waals surface area (Å²) >= 11 is 0. The highest BCUT2D eigenvalue weighted by molar-refractivity contribution is 5.82. The lowest BCUT2D eigenvalue weighted by Gasteiger charge is -2.20. The summed E-state index contributed by atoms with van der Waals surface area (Å²) in [4.78, 5) is 0. The van der Waals surface area contributed by atoms with E-state index in [1.807, 2.05) is 71.9 Å². The smallest absolute Gasteiger partial charge is 0.491 e. The molecular formula is C26H27F3O2. The van der Waals surface area contributed by atoms with Gasteiger partial charge in [-0.2, -0.15) is 0 Å². The highest BCUT2D eigenvalue weighted by atomic mass is 19.4. The van der Waals surface area contributed by atoms with Gasteiger partial charge < -0.3 is 9.47 Å². The van der Waals surface area contributed by atoms with Crippen LogP contribution in [-0.4, -0.2) is 12.5 Å². The molecule has 0 bridgehead atoms. The number of hydrogen-bond acceptors (Lipinski definition) is 2. The molecule has 164 valence electrons. The van der Waals surface area contributed by atoms with E-state index < -0.39 is 6.36 Å². The first-order valence-corrected chi connectivity index (χ1v) is 10.2. The van der Waals surface area contributed by atoms with Crippen molar-refractivity contribution in [1.29, 1.82) is 0 Å². The van der Waals surface area contributed by atoms with Crippen molar-refractivity contribution in [2.75, 3.05) is 0 Å². The molecular weight excluding hydrogens is 401 g/mol. The third kappa shape index (κ3) is 5.22. The summed E-state index contributed by atoms with van der Waals surface area (Å²) in [7, 11) is 0. The monoisotopic (exact) mass is 428 g/mol. The molecule has 0 N–H and O–H groups in total. The summed E-state index contributed by atoms with van der Waals surface area (Å²) < 4.78 is 50.2. The van der Waals surface area contributed by atoms with Crippen LogP contribution in [0, 0.1) is 27.7 Å². The van der Waals surface area contributed by atoms with E-state index in [1.165, 1.54) is 6.07 Å². The average Bonchev–Trinajstić information content (AvgIpc) is 2.61. The number of ether oxygens (including phenoxy) is 2. The zero-order chi connectivity index (χ0) is 22.9. The van der Waals surface area contributed by atoms with Crippen LogP contribution < -0.4 is 9.47 Å². The Bertz CT molecular complexity index is 1080. The lowest BCUT2D eigenvalue weighted by Crippen LogP contribution is -2.18. The van der Waals surface area contributed by atoms with Crippen LogP contribution in [0.1, 0.15) is 36.1 Å². The van der Waals surface area contributed by atoms with Gasteiger partial charge in [-0.3, -0.25) is 0 Å². The minimum Gasteiger partial charge on any atom is -0.491 e. The van der Waals surface area contributed by atoms with Gasteiger partial charge >= 0.3 is 6.36 Å². The second-order valence-electron chi connectivity index (χ2n) is 8.13. The maximum Gasteiger partial charge on any atom is 0.573 e. The standard InChI is InChI=1S/C26H27F3O2/c1-15(2)30-22-11-10-20(12-18(22)5)25-19(6)13-21(14-23(25)31-26(27,28)29)24-16(3)8-7-9-17(24)4/h7-15H,1-6H3. The maximum absolute atomic E-state index is 13.3. The number of alkyl halides is 3. The average molecular weight is 428 g/mol. The Labute approximate surface area is 181 Å². The molecule has 2 nitrogen and oxygen atoms in total.